The van der Waals surface area contributed by atoms with E-state index in [1.165, 1.54) is 7.11 Å². The Labute approximate surface area is 197 Å². The molecule has 176 valence electrons. The third-order valence-corrected chi connectivity index (χ3v) is 6.49. The molecule has 0 spiro atoms. The number of benzene rings is 1. The molecule has 2 atom stereocenters. The van der Waals surface area contributed by atoms with Gasteiger partial charge in [-0.2, -0.15) is 0 Å². The van der Waals surface area contributed by atoms with Crippen molar-refractivity contribution in [2.24, 2.45) is 5.92 Å². The van der Waals surface area contributed by atoms with Crippen molar-refractivity contribution in [1.29, 1.82) is 0 Å². The summed E-state index contributed by atoms with van der Waals surface area (Å²) >= 11 is 0. The van der Waals surface area contributed by atoms with Crippen molar-refractivity contribution >= 4 is 20.1 Å². The van der Waals surface area contributed by atoms with E-state index in [0.717, 1.165) is 35.5 Å². The third kappa shape index (κ3) is 6.26. The summed E-state index contributed by atoms with van der Waals surface area (Å²) in [4.78, 5) is 34.8. The molecular formula is C25H34N4O3Si. The molecule has 2 aromatic rings. The lowest BCUT2D eigenvalue weighted by Gasteiger charge is -2.30. The fourth-order valence-electron chi connectivity index (χ4n) is 3.84. The summed E-state index contributed by atoms with van der Waals surface area (Å²) in [7, 11) is -0.114. The van der Waals surface area contributed by atoms with Gasteiger partial charge in [0, 0.05) is 12.1 Å². The van der Waals surface area contributed by atoms with Crippen molar-refractivity contribution in [3.63, 3.8) is 0 Å². The number of ether oxygens (including phenoxy) is 1. The number of imidazole rings is 1. The number of carbonyl (C=O) groups is 2. The molecule has 0 radical (unpaired) electrons. The van der Waals surface area contributed by atoms with E-state index in [-0.39, 0.29) is 17.9 Å². The number of alkyl carbamates (subject to hydrolysis) is 1. The van der Waals surface area contributed by atoms with E-state index in [9.17, 15) is 9.59 Å². The lowest BCUT2D eigenvalue weighted by atomic mass is 10.0. The molecule has 1 aliphatic heterocycles. The van der Waals surface area contributed by atoms with Gasteiger partial charge in [-0.05, 0) is 36.5 Å². The molecule has 1 aromatic heterocycles. The Morgan fingerprint density at radius 3 is 2.55 bits per heavy atom. The van der Waals surface area contributed by atoms with Crippen molar-refractivity contribution < 1.29 is 14.3 Å². The van der Waals surface area contributed by atoms with Gasteiger partial charge >= 0.3 is 6.09 Å². The highest BCUT2D eigenvalue weighted by Crippen LogP contribution is 2.32. The summed E-state index contributed by atoms with van der Waals surface area (Å²) in [5.41, 5.74) is 6.32. The standard InChI is InChI=1S/C25H34N4O3Si/c1-17(2)22(28-25(31)32-3)24(30)29-14-7-8-21(29)23-26-16-20(27-23)19-11-9-18(10-12-19)13-15-33(4,5)6/h9-12,16-17,21-22H,7-8,14H2,1-6H3,(H,26,27)(H,28,31)/t21-,22-/m0/s1. The highest BCUT2D eigenvalue weighted by molar-refractivity contribution is 6.83. The second kappa shape index (κ2) is 10.3. The van der Waals surface area contributed by atoms with Gasteiger partial charge in [0.25, 0.3) is 0 Å². The Bertz CT molecular complexity index is 1040. The quantitative estimate of drug-likeness (QED) is 0.507. The van der Waals surface area contributed by atoms with Crippen molar-refractivity contribution in [1.82, 2.24) is 20.2 Å². The van der Waals surface area contributed by atoms with Gasteiger partial charge in [0.15, 0.2) is 0 Å². The maximum Gasteiger partial charge on any atom is 0.407 e. The predicted molar refractivity (Wildman–Crippen MR) is 132 cm³/mol. The number of aromatic nitrogens is 2. The van der Waals surface area contributed by atoms with E-state index < -0.39 is 20.2 Å². The van der Waals surface area contributed by atoms with Gasteiger partial charge in [0.2, 0.25) is 5.91 Å². The topological polar surface area (TPSA) is 87.3 Å². The molecule has 1 aliphatic rings. The minimum Gasteiger partial charge on any atom is -0.453 e. The van der Waals surface area contributed by atoms with Crippen LogP contribution >= 0.6 is 0 Å². The zero-order valence-electron chi connectivity index (χ0n) is 20.4. The molecule has 2 amide bonds. The van der Waals surface area contributed by atoms with Gasteiger partial charge in [0.1, 0.15) is 19.9 Å². The molecular weight excluding hydrogens is 432 g/mol. The average Bonchev–Trinajstić information content (AvgIpc) is 3.44. The van der Waals surface area contributed by atoms with E-state index in [0.29, 0.717) is 6.54 Å². The first-order valence-electron chi connectivity index (χ1n) is 11.4. The number of hydrogen-bond acceptors (Lipinski definition) is 4. The molecule has 8 heteroatoms. The van der Waals surface area contributed by atoms with Gasteiger partial charge < -0.3 is 19.9 Å². The first-order chi connectivity index (χ1) is 15.6. The number of rotatable bonds is 5. The molecule has 0 saturated carbocycles. The van der Waals surface area contributed by atoms with Gasteiger partial charge in [-0.3, -0.25) is 4.79 Å². The van der Waals surface area contributed by atoms with Crippen molar-refractivity contribution in [3.05, 3.63) is 41.9 Å². The summed E-state index contributed by atoms with van der Waals surface area (Å²) in [5, 5.41) is 2.68. The lowest BCUT2D eigenvalue weighted by Crippen LogP contribution is -2.51. The molecule has 2 heterocycles. The fraction of sp³-hybridized carbons (Fsp3) is 0.480. The second-order valence-corrected chi connectivity index (χ2v) is 14.6. The van der Waals surface area contributed by atoms with Crippen LogP contribution in [0.15, 0.2) is 30.5 Å². The third-order valence-electron chi connectivity index (χ3n) is 5.62. The Balaban J connectivity index is 1.76. The van der Waals surface area contributed by atoms with Crippen LogP contribution in [0.5, 0.6) is 0 Å². The average molecular weight is 467 g/mol. The molecule has 2 N–H and O–H groups in total. The maximum atomic E-state index is 13.3. The number of nitrogens with one attached hydrogen (secondary N) is 2. The maximum absolute atomic E-state index is 13.3. The van der Waals surface area contributed by atoms with Crippen LogP contribution in [0.2, 0.25) is 19.6 Å². The number of H-pyrrole nitrogens is 1. The molecule has 7 nitrogen and oxygen atoms in total. The molecule has 3 rings (SSSR count). The molecule has 0 unspecified atom stereocenters. The summed E-state index contributed by atoms with van der Waals surface area (Å²) < 4.78 is 4.70. The Morgan fingerprint density at radius 2 is 1.94 bits per heavy atom. The van der Waals surface area contributed by atoms with Crippen LogP contribution in [0.3, 0.4) is 0 Å². The summed E-state index contributed by atoms with van der Waals surface area (Å²) in [6.45, 7) is 11.1. The molecule has 1 aromatic carbocycles. The first kappa shape index (κ1) is 24.6. The molecule has 0 aliphatic carbocycles. The van der Waals surface area contributed by atoms with Crippen molar-refractivity contribution in [3.8, 4) is 22.7 Å². The van der Waals surface area contributed by atoms with Crippen LogP contribution in [-0.2, 0) is 9.53 Å². The zero-order chi connectivity index (χ0) is 24.2. The van der Waals surface area contributed by atoms with Gasteiger partial charge in [-0.25, -0.2) is 9.78 Å². The highest BCUT2D eigenvalue weighted by atomic mass is 28.3. The van der Waals surface area contributed by atoms with Gasteiger partial charge in [0.05, 0.1) is 25.0 Å². The second-order valence-electron chi connectivity index (χ2n) is 9.81. The Morgan fingerprint density at radius 1 is 1.24 bits per heavy atom. The van der Waals surface area contributed by atoms with Crippen LogP contribution in [-0.4, -0.2) is 54.6 Å². The van der Waals surface area contributed by atoms with E-state index >= 15 is 0 Å². The summed E-state index contributed by atoms with van der Waals surface area (Å²) in [6.07, 6.45) is 2.93. The van der Waals surface area contributed by atoms with Crippen molar-refractivity contribution in [2.75, 3.05) is 13.7 Å². The van der Waals surface area contributed by atoms with Crippen LogP contribution < -0.4 is 5.32 Å². The monoisotopic (exact) mass is 466 g/mol. The molecule has 1 fully saturated rings. The van der Waals surface area contributed by atoms with Crippen LogP contribution in [0.25, 0.3) is 11.3 Å². The van der Waals surface area contributed by atoms with Crippen molar-refractivity contribution in [2.45, 2.75) is 58.4 Å². The Kier molecular flexibility index (Phi) is 7.64. The van der Waals surface area contributed by atoms with Crippen LogP contribution in [0, 0.1) is 17.4 Å². The fourth-order valence-corrected chi connectivity index (χ4v) is 4.36. The number of amides is 2. The summed E-state index contributed by atoms with van der Waals surface area (Å²) in [5.74, 6) is 3.86. The first-order valence-corrected chi connectivity index (χ1v) is 14.9. The normalized spacial score (nSPS) is 16.8. The predicted octanol–water partition coefficient (Wildman–Crippen LogP) is 4.35. The number of methoxy groups -OCH3 is 1. The number of carbonyl (C=O) groups excluding carboxylic acids is 2. The number of nitrogens with zero attached hydrogens (tertiary/aromatic N) is 2. The number of aromatic amines is 1. The van der Waals surface area contributed by atoms with E-state index in [2.05, 4.69) is 46.4 Å². The van der Waals surface area contributed by atoms with E-state index in [1.54, 1.807) is 0 Å². The molecule has 1 saturated heterocycles. The number of likely N-dealkylation sites (tertiary alicyclic amines) is 1. The van der Waals surface area contributed by atoms with Crippen LogP contribution in [0.1, 0.15) is 44.1 Å². The Hall–Kier alpha value is -3.05. The lowest BCUT2D eigenvalue weighted by molar-refractivity contribution is -0.135. The van der Waals surface area contributed by atoms with Gasteiger partial charge in [-0.1, -0.05) is 51.5 Å². The van der Waals surface area contributed by atoms with Crippen LogP contribution in [0.4, 0.5) is 4.79 Å². The molecule has 0 bridgehead atoms. The summed E-state index contributed by atoms with van der Waals surface area (Å²) in [6, 6.07) is 7.35. The van der Waals surface area contributed by atoms with E-state index in [1.807, 2.05) is 49.2 Å². The van der Waals surface area contributed by atoms with E-state index in [4.69, 9.17) is 4.74 Å². The minimum atomic E-state index is -1.41. The largest absolute Gasteiger partial charge is 0.453 e. The van der Waals surface area contributed by atoms with Gasteiger partial charge in [-0.15, -0.1) is 5.54 Å². The SMILES string of the molecule is COC(=O)N[C@H](C(=O)N1CCC[C@H]1c1ncc(-c2ccc(C#C[Si](C)(C)C)cc2)[nH]1)C(C)C. The smallest absolute Gasteiger partial charge is 0.407 e. The number of hydrogen-bond donors (Lipinski definition) is 2. The zero-order valence-corrected chi connectivity index (χ0v) is 21.4. The minimum absolute atomic E-state index is 0.0624. The molecule has 33 heavy (non-hydrogen) atoms. The highest BCUT2D eigenvalue weighted by Gasteiger charge is 2.37.